The molecule has 2 aromatic rings. The SMILES string of the molecule is COc1cccnc1NC(=S)N[C@H](C)COc1ccc(C)cc1. The zero-order valence-corrected chi connectivity index (χ0v) is 14.3. The minimum atomic E-state index is 0.0472. The molecule has 6 heteroatoms. The van der Waals surface area contributed by atoms with Gasteiger partial charge in [-0.1, -0.05) is 17.7 Å². The molecule has 0 aliphatic rings. The van der Waals surface area contributed by atoms with Crippen LogP contribution in [0.2, 0.25) is 0 Å². The smallest absolute Gasteiger partial charge is 0.174 e. The highest BCUT2D eigenvalue weighted by Crippen LogP contribution is 2.19. The Morgan fingerprint density at radius 3 is 2.70 bits per heavy atom. The van der Waals surface area contributed by atoms with Crippen molar-refractivity contribution in [3.8, 4) is 11.5 Å². The molecule has 0 saturated carbocycles. The topological polar surface area (TPSA) is 55.4 Å². The van der Waals surface area contributed by atoms with Crippen molar-refractivity contribution < 1.29 is 9.47 Å². The van der Waals surface area contributed by atoms with Crippen molar-refractivity contribution >= 4 is 23.1 Å². The summed E-state index contributed by atoms with van der Waals surface area (Å²) < 4.78 is 11.0. The lowest BCUT2D eigenvalue weighted by molar-refractivity contribution is 0.287. The second kappa shape index (κ2) is 8.33. The van der Waals surface area contributed by atoms with Crippen LogP contribution in [0.5, 0.6) is 11.5 Å². The van der Waals surface area contributed by atoms with E-state index in [0.29, 0.717) is 23.3 Å². The molecule has 0 unspecified atom stereocenters. The zero-order chi connectivity index (χ0) is 16.7. The molecule has 5 nitrogen and oxygen atoms in total. The van der Waals surface area contributed by atoms with Gasteiger partial charge in [0, 0.05) is 6.20 Å². The van der Waals surface area contributed by atoms with E-state index in [-0.39, 0.29) is 6.04 Å². The molecule has 2 N–H and O–H groups in total. The molecule has 1 atom stereocenters. The molecule has 2 rings (SSSR count). The number of anilines is 1. The molecule has 0 spiro atoms. The molecule has 0 radical (unpaired) electrons. The number of hydrogen-bond acceptors (Lipinski definition) is 4. The fourth-order valence-electron chi connectivity index (χ4n) is 1.91. The molecule has 23 heavy (non-hydrogen) atoms. The van der Waals surface area contributed by atoms with Gasteiger partial charge in [-0.05, 0) is 50.3 Å². The van der Waals surface area contributed by atoms with E-state index in [4.69, 9.17) is 21.7 Å². The van der Waals surface area contributed by atoms with E-state index in [2.05, 4.69) is 15.6 Å². The average molecular weight is 331 g/mol. The van der Waals surface area contributed by atoms with Crippen LogP contribution in [0.15, 0.2) is 42.6 Å². The highest BCUT2D eigenvalue weighted by molar-refractivity contribution is 7.80. The summed E-state index contributed by atoms with van der Waals surface area (Å²) in [7, 11) is 1.59. The fraction of sp³-hybridized carbons (Fsp3) is 0.294. The van der Waals surface area contributed by atoms with Gasteiger partial charge in [0.2, 0.25) is 0 Å². The fourth-order valence-corrected chi connectivity index (χ4v) is 2.21. The van der Waals surface area contributed by atoms with Crippen LogP contribution in [0, 0.1) is 6.92 Å². The summed E-state index contributed by atoms with van der Waals surface area (Å²) in [5.41, 5.74) is 1.21. The normalized spacial score (nSPS) is 11.4. The number of nitrogens with zero attached hydrogens (tertiary/aromatic N) is 1. The summed E-state index contributed by atoms with van der Waals surface area (Å²) in [4.78, 5) is 4.20. The third-order valence-electron chi connectivity index (χ3n) is 3.12. The minimum Gasteiger partial charge on any atom is -0.493 e. The highest BCUT2D eigenvalue weighted by atomic mass is 32.1. The van der Waals surface area contributed by atoms with Crippen LogP contribution >= 0.6 is 12.2 Å². The number of benzene rings is 1. The number of pyridine rings is 1. The van der Waals surface area contributed by atoms with Crippen molar-refractivity contribution in [2.45, 2.75) is 19.9 Å². The Balaban J connectivity index is 1.81. The summed E-state index contributed by atoms with van der Waals surface area (Å²) in [5, 5.41) is 6.66. The summed E-state index contributed by atoms with van der Waals surface area (Å²) >= 11 is 5.29. The minimum absolute atomic E-state index is 0.0472. The Bertz CT molecular complexity index is 647. The highest BCUT2D eigenvalue weighted by Gasteiger charge is 2.09. The Kier molecular flexibility index (Phi) is 6.17. The van der Waals surface area contributed by atoms with Crippen molar-refractivity contribution in [1.29, 1.82) is 0 Å². The van der Waals surface area contributed by atoms with Gasteiger partial charge in [0.25, 0.3) is 0 Å². The van der Waals surface area contributed by atoms with Gasteiger partial charge in [-0.3, -0.25) is 0 Å². The molecule has 1 aromatic heterocycles. The van der Waals surface area contributed by atoms with Gasteiger partial charge in [-0.15, -0.1) is 0 Å². The molecule has 122 valence electrons. The van der Waals surface area contributed by atoms with Gasteiger partial charge in [0.1, 0.15) is 12.4 Å². The molecule has 0 amide bonds. The monoisotopic (exact) mass is 331 g/mol. The third-order valence-corrected chi connectivity index (χ3v) is 3.34. The van der Waals surface area contributed by atoms with Crippen LogP contribution in [0.1, 0.15) is 12.5 Å². The van der Waals surface area contributed by atoms with E-state index in [1.807, 2.05) is 44.2 Å². The van der Waals surface area contributed by atoms with Crippen LogP contribution < -0.4 is 20.1 Å². The average Bonchev–Trinajstić information content (AvgIpc) is 2.54. The van der Waals surface area contributed by atoms with Crippen LogP contribution in [-0.4, -0.2) is 29.9 Å². The number of thiocarbonyl (C=S) groups is 1. The quantitative estimate of drug-likeness (QED) is 0.793. The summed E-state index contributed by atoms with van der Waals surface area (Å²) in [6.45, 7) is 4.55. The maximum absolute atomic E-state index is 5.73. The first-order valence-electron chi connectivity index (χ1n) is 7.34. The number of nitrogens with one attached hydrogen (secondary N) is 2. The lowest BCUT2D eigenvalue weighted by atomic mass is 10.2. The van der Waals surface area contributed by atoms with Gasteiger partial charge in [-0.25, -0.2) is 4.98 Å². The predicted octanol–water partition coefficient (Wildman–Crippen LogP) is 3.15. The molecule has 1 heterocycles. The molecule has 0 bridgehead atoms. The van der Waals surface area contributed by atoms with Crippen molar-refractivity contribution in [2.24, 2.45) is 0 Å². The van der Waals surface area contributed by atoms with Crippen molar-refractivity contribution in [2.75, 3.05) is 19.0 Å². The van der Waals surface area contributed by atoms with Gasteiger partial charge in [-0.2, -0.15) is 0 Å². The maximum atomic E-state index is 5.73. The standard InChI is InChI=1S/C17H21N3O2S/c1-12-6-8-14(9-7-12)22-11-13(2)19-17(23)20-16-15(21-3)5-4-10-18-16/h4-10,13H,11H2,1-3H3,(H2,18,19,20,23)/t13-/m1/s1. The van der Waals surface area contributed by atoms with E-state index in [1.54, 1.807) is 19.4 Å². The van der Waals surface area contributed by atoms with Gasteiger partial charge in [0.15, 0.2) is 16.7 Å². The predicted molar refractivity (Wildman–Crippen MR) is 96.3 cm³/mol. The zero-order valence-electron chi connectivity index (χ0n) is 13.5. The lowest BCUT2D eigenvalue weighted by Crippen LogP contribution is -2.39. The Morgan fingerprint density at radius 1 is 1.26 bits per heavy atom. The molecular weight excluding hydrogens is 310 g/mol. The van der Waals surface area contributed by atoms with Crippen molar-refractivity contribution in [1.82, 2.24) is 10.3 Å². The largest absolute Gasteiger partial charge is 0.493 e. The number of ether oxygens (including phenoxy) is 2. The van der Waals surface area contributed by atoms with Crippen LogP contribution in [-0.2, 0) is 0 Å². The van der Waals surface area contributed by atoms with E-state index >= 15 is 0 Å². The first-order valence-corrected chi connectivity index (χ1v) is 7.75. The maximum Gasteiger partial charge on any atom is 0.174 e. The van der Waals surface area contributed by atoms with E-state index in [1.165, 1.54) is 5.56 Å². The summed E-state index contributed by atoms with van der Waals surface area (Å²) in [5.74, 6) is 2.06. The van der Waals surface area contributed by atoms with Crippen LogP contribution in [0.3, 0.4) is 0 Å². The van der Waals surface area contributed by atoms with Crippen LogP contribution in [0.4, 0.5) is 5.82 Å². The molecule has 0 aliphatic carbocycles. The second-order valence-electron chi connectivity index (χ2n) is 5.18. The Labute approximate surface area is 142 Å². The molecule has 0 fully saturated rings. The van der Waals surface area contributed by atoms with E-state index < -0.39 is 0 Å². The first kappa shape index (κ1) is 17.0. The van der Waals surface area contributed by atoms with Gasteiger partial charge >= 0.3 is 0 Å². The van der Waals surface area contributed by atoms with Crippen LogP contribution in [0.25, 0.3) is 0 Å². The van der Waals surface area contributed by atoms with Crippen molar-refractivity contribution in [3.63, 3.8) is 0 Å². The molecule has 0 saturated heterocycles. The van der Waals surface area contributed by atoms with E-state index in [0.717, 1.165) is 5.75 Å². The molecule has 0 aliphatic heterocycles. The third kappa shape index (κ3) is 5.41. The number of aromatic nitrogens is 1. The summed E-state index contributed by atoms with van der Waals surface area (Å²) in [6, 6.07) is 11.6. The second-order valence-corrected chi connectivity index (χ2v) is 5.59. The Morgan fingerprint density at radius 2 is 2.00 bits per heavy atom. The molecular formula is C17H21N3O2S. The number of methoxy groups -OCH3 is 1. The lowest BCUT2D eigenvalue weighted by Gasteiger charge is -2.18. The molecule has 1 aromatic carbocycles. The van der Waals surface area contributed by atoms with Gasteiger partial charge in [0.05, 0.1) is 13.2 Å². The van der Waals surface area contributed by atoms with Gasteiger partial charge < -0.3 is 20.1 Å². The summed E-state index contributed by atoms with van der Waals surface area (Å²) in [6.07, 6.45) is 1.68. The number of rotatable bonds is 6. The van der Waals surface area contributed by atoms with Crippen molar-refractivity contribution in [3.05, 3.63) is 48.2 Å². The number of hydrogen-bond donors (Lipinski definition) is 2. The Hall–Kier alpha value is -2.34. The number of aryl methyl sites for hydroxylation is 1. The van der Waals surface area contributed by atoms with E-state index in [9.17, 15) is 0 Å². The first-order chi connectivity index (χ1) is 11.1.